The lowest BCUT2D eigenvalue weighted by Gasteiger charge is -2.07. The van der Waals surface area contributed by atoms with Crippen molar-refractivity contribution in [1.82, 2.24) is 0 Å². The van der Waals surface area contributed by atoms with Crippen molar-refractivity contribution < 1.29 is 17.6 Å². The van der Waals surface area contributed by atoms with Gasteiger partial charge in [-0.05, 0) is 17.7 Å². The summed E-state index contributed by atoms with van der Waals surface area (Å²) in [6.07, 6.45) is -4.13. The van der Waals surface area contributed by atoms with Crippen molar-refractivity contribution in [3.63, 3.8) is 0 Å². The highest BCUT2D eigenvalue weighted by Gasteiger charge is 2.27. The standard InChI is InChI=1S/C10H8F4/c1-2-8-5-7(3-4-9(8)11)6-10(12,13)14/h2-5H,1,6H2. The molecule has 1 aromatic rings. The summed E-state index contributed by atoms with van der Waals surface area (Å²) in [5.74, 6) is -0.564. The smallest absolute Gasteiger partial charge is 0.206 e. The number of benzene rings is 1. The average Bonchev–Trinajstić information content (AvgIpc) is 2.06. The quantitative estimate of drug-likeness (QED) is 0.646. The molecule has 0 aromatic heterocycles. The molecule has 0 aliphatic carbocycles. The number of hydrogen-bond acceptors (Lipinski definition) is 0. The van der Waals surface area contributed by atoms with Crippen LogP contribution in [0.25, 0.3) is 6.08 Å². The minimum absolute atomic E-state index is 0.0359. The Hall–Kier alpha value is -1.32. The normalized spacial score (nSPS) is 11.4. The summed E-state index contributed by atoms with van der Waals surface area (Å²) >= 11 is 0. The van der Waals surface area contributed by atoms with E-state index in [1.165, 1.54) is 6.08 Å². The molecule has 14 heavy (non-hydrogen) atoms. The van der Waals surface area contributed by atoms with Gasteiger partial charge in [-0.15, -0.1) is 0 Å². The Bertz CT molecular complexity index is 338. The summed E-state index contributed by atoms with van der Waals surface area (Å²) < 4.78 is 48.7. The van der Waals surface area contributed by atoms with Gasteiger partial charge in [0.25, 0.3) is 0 Å². The number of alkyl halides is 3. The summed E-state index contributed by atoms with van der Waals surface area (Å²) in [6.45, 7) is 3.31. The minimum Gasteiger partial charge on any atom is -0.206 e. The molecule has 0 heterocycles. The second kappa shape index (κ2) is 3.82. The monoisotopic (exact) mass is 204 g/mol. The molecule has 0 radical (unpaired) electrons. The van der Waals surface area contributed by atoms with Gasteiger partial charge in [0.05, 0.1) is 6.42 Å². The first-order valence-corrected chi connectivity index (χ1v) is 3.90. The van der Waals surface area contributed by atoms with Gasteiger partial charge < -0.3 is 0 Å². The van der Waals surface area contributed by atoms with Crippen molar-refractivity contribution in [2.45, 2.75) is 12.6 Å². The summed E-state index contributed by atoms with van der Waals surface area (Å²) in [7, 11) is 0. The van der Waals surface area contributed by atoms with E-state index >= 15 is 0 Å². The van der Waals surface area contributed by atoms with Crippen LogP contribution in [-0.4, -0.2) is 6.18 Å². The van der Waals surface area contributed by atoms with Crippen LogP contribution in [0.3, 0.4) is 0 Å². The van der Waals surface area contributed by atoms with Gasteiger partial charge in [0.2, 0.25) is 0 Å². The van der Waals surface area contributed by atoms with Gasteiger partial charge in [0, 0.05) is 5.56 Å². The second-order valence-corrected chi connectivity index (χ2v) is 2.85. The summed E-state index contributed by atoms with van der Waals surface area (Å²) in [5.41, 5.74) is 0.126. The Morgan fingerprint density at radius 3 is 2.43 bits per heavy atom. The van der Waals surface area contributed by atoms with Crippen LogP contribution in [0.4, 0.5) is 17.6 Å². The Morgan fingerprint density at radius 2 is 1.93 bits per heavy atom. The van der Waals surface area contributed by atoms with Crippen LogP contribution in [0.15, 0.2) is 24.8 Å². The van der Waals surface area contributed by atoms with Gasteiger partial charge in [-0.2, -0.15) is 13.2 Å². The van der Waals surface area contributed by atoms with Gasteiger partial charge in [-0.25, -0.2) is 4.39 Å². The molecule has 0 spiro atoms. The van der Waals surface area contributed by atoms with Crippen molar-refractivity contribution in [2.24, 2.45) is 0 Å². The van der Waals surface area contributed by atoms with Gasteiger partial charge in [0.15, 0.2) is 0 Å². The van der Waals surface area contributed by atoms with E-state index in [4.69, 9.17) is 0 Å². The Balaban J connectivity index is 2.95. The third kappa shape index (κ3) is 2.87. The molecule has 0 N–H and O–H groups in total. The molecule has 0 saturated heterocycles. The third-order valence-corrected chi connectivity index (χ3v) is 1.68. The van der Waals surface area contributed by atoms with E-state index in [9.17, 15) is 17.6 Å². The molecule has 0 saturated carbocycles. The van der Waals surface area contributed by atoms with Crippen molar-refractivity contribution >= 4 is 6.08 Å². The predicted octanol–water partition coefficient (Wildman–Crippen LogP) is 3.57. The van der Waals surface area contributed by atoms with Crippen molar-refractivity contribution in [2.75, 3.05) is 0 Å². The molecule has 0 aliphatic heterocycles. The zero-order valence-corrected chi connectivity index (χ0v) is 7.24. The first-order valence-electron chi connectivity index (χ1n) is 3.90. The highest BCUT2D eigenvalue weighted by Crippen LogP contribution is 2.22. The highest BCUT2D eigenvalue weighted by molar-refractivity contribution is 5.49. The molecule has 0 atom stereocenters. The lowest BCUT2D eigenvalue weighted by atomic mass is 10.1. The maximum Gasteiger partial charge on any atom is 0.393 e. The lowest BCUT2D eigenvalue weighted by molar-refractivity contribution is -0.127. The molecule has 0 amide bonds. The highest BCUT2D eigenvalue weighted by atomic mass is 19.4. The molecular weight excluding hydrogens is 196 g/mol. The van der Waals surface area contributed by atoms with Crippen molar-refractivity contribution in [3.8, 4) is 0 Å². The second-order valence-electron chi connectivity index (χ2n) is 2.85. The molecule has 0 aliphatic rings. The zero-order valence-electron chi connectivity index (χ0n) is 7.24. The molecular formula is C10H8F4. The summed E-state index contributed by atoms with van der Waals surface area (Å²) in [4.78, 5) is 0. The molecule has 0 bridgehead atoms. The minimum atomic E-state index is -4.27. The fourth-order valence-electron chi connectivity index (χ4n) is 1.09. The van der Waals surface area contributed by atoms with Crippen LogP contribution in [-0.2, 0) is 6.42 Å². The lowest BCUT2D eigenvalue weighted by Crippen LogP contribution is -2.11. The van der Waals surface area contributed by atoms with E-state index in [0.717, 1.165) is 18.2 Å². The van der Waals surface area contributed by atoms with E-state index in [1.807, 2.05) is 0 Å². The van der Waals surface area contributed by atoms with Crippen LogP contribution in [0.2, 0.25) is 0 Å². The van der Waals surface area contributed by atoms with Gasteiger partial charge in [-0.3, -0.25) is 0 Å². The van der Waals surface area contributed by atoms with Crippen LogP contribution >= 0.6 is 0 Å². The van der Waals surface area contributed by atoms with Crippen molar-refractivity contribution in [1.29, 1.82) is 0 Å². The summed E-state index contributed by atoms with van der Waals surface area (Å²) in [6, 6.07) is 3.28. The van der Waals surface area contributed by atoms with Crippen LogP contribution in [0.1, 0.15) is 11.1 Å². The Morgan fingerprint density at radius 1 is 1.29 bits per heavy atom. The SMILES string of the molecule is C=Cc1cc(CC(F)(F)F)ccc1F. The first kappa shape index (κ1) is 10.8. The molecule has 4 heteroatoms. The number of rotatable bonds is 2. The van der Waals surface area contributed by atoms with Crippen LogP contribution in [0.5, 0.6) is 0 Å². The van der Waals surface area contributed by atoms with E-state index in [1.54, 1.807) is 0 Å². The first-order chi connectivity index (χ1) is 6.42. The van der Waals surface area contributed by atoms with E-state index in [2.05, 4.69) is 6.58 Å². The molecule has 0 nitrogen and oxygen atoms in total. The Labute approximate surface area is 78.9 Å². The number of halogens is 4. The van der Waals surface area contributed by atoms with Crippen LogP contribution in [0, 0.1) is 5.82 Å². The summed E-state index contributed by atoms with van der Waals surface area (Å²) in [5, 5.41) is 0. The van der Waals surface area contributed by atoms with E-state index in [0.29, 0.717) is 0 Å². The fraction of sp³-hybridized carbons (Fsp3) is 0.200. The van der Waals surface area contributed by atoms with Gasteiger partial charge >= 0.3 is 6.18 Å². The van der Waals surface area contributed by atoms with Gasteiger partial charge in [-0.1, -0.05) is 18.7 Å². The van der Waals surface area contributed by atoms with Crippen molar-refractivity contribution in [3.05, 3.63) is 41.7 Å². The van der Waals surface area contributed by atoms with E-state index in [-0.39, 0.29) is 11.1 Å². The zero-order chi connectivity index (χ0) is 10.8. The molecule has 1 aromatic carbocycles. The molecule has 0 unspecified atom stereocenters. The predicted molar refractivity (Wildman–Crippen MR) is 46.3 cm³/mol. The topological polar surface area (TPSA) is 0 Å². The molecule has 0 fully saturated rings. The van der Waals surface area contributed by atoms with Crippen LogP contribution < -0.4 is 0 Å². The van der Waals surface area contributed by atoms with Gasteiger partial charge in [0.1, 0.15) is 5.82 Å². The third-order valence-electron chi connectivity index (χ3n) is 1.68. The number of hydrogen-bond donors (Lipinski definition) is 0. The largest absolute Gasteiger partial charge is 0.393 e. The fourth-order valence-corrected chi connectivity index (χ4v) is 1.09. The maximum atomic E-state index is 12.9. The maximum absolute atomic E-state index is 12.9. The molecule has 1 rings (SSSR count). The average molecular weight is 204 g/mol. The van der Waals surface area contributed by atoms with E-state index < -0.39 is 18.4 Å². The molecule has 76 valence electrons. The Kier molecular flexibility index (Phi) is 2.93.